The molecular formula is C13H11ClF3N3O. The Balaban J connectivity index is 2.52. The van der Waals surface area contributed by atoms with Crippen molar-refractivity contribution in [1.29, 1.82) is 0 Å². The predicted molar refractivity (Wildman–Crippen MR) is 73.1 cm³/mol. The molecule has 0 atom stereocenters. The number of nitrogens with zero attached hydrogens (tertiary/aromatic N) is 3. The van der Waals surface area contributed by atoms with Gasteiger partial charge in [0.2, 0.25) is 0 Å². The van der Waals surface area contributed by atoms with Crippen LogP contribution in [0.1, 0.15) is 5.56 Å². The van der Waals surface area contributed by atoms with Gasteiger partial charge >= 0.3 is 6.18 Å². The number of rotatable bonds is 3. The number of aromatic nitrogens is 2. The molecule has 0 saturated heterocycles. The maximum absolute atomic E-state index is 13.0. The van der Waals surface area contributed by atoms with E-state index in [0.717, 1.165) is 6.07 Å². The van der Waals surface area contributed by atoms with Crippen molar-refractivity contribution < 1.29 is 17.9 Å². The summed E-state index contributed by atoms with van der Waals surface area (Å²) in [4.78, 5) is 7.87. The molecule has 0 radical (unpaired) electrons. The number of aliphatic imine (C=N–C) groups is 1. The van der Waals surface area contributed by atoms with E-state index in [1.165, 1.54) is 36.3 Å². The largest absolute Gasteiger partial charge is 0.418 e. The number of hydrogen-bond donors (Lipinski definition) is 0. The third kappa shape index (κ3) is 3.83. The summed E-state index contributed by atoms with van der Waals surface area (Å²) < 4.78 is 45.5. The fraction of sp³-hybridized carbons (Fsp3) is 0.231. The van der Waals surface area contributed by atoms with Crippen LogP contribution in [0.5, 0.6) is 0 Å². The zero-order chi connectivity index (χ0) is 15.5. The minimum absolute atomic E-state index is 0.00260. The topological polar surface area (TPSA) is 39.4 Å². The molecule has 2 aromatic rings. The van der Waals surface area contributed by atoms with Crippen molar-refractivity contribution in [2.45, 2.75) is 6.18 Å². The monoisotopic (exact) mass is 317 g/mol. The van der Waals surface area contributed by atoms with E-state index in [1.807, 2.05) is 0 Å². The standard InChI is InChI=1S/C13H11ClF3N3O/c1-21-7-12(20-5-4-18-8-20)19-11-3-2-9(14)6-10(11)13(15,16)17/h2-6,8H,7H2,1H3. The van der Waals surface area contributed by atoms with Gasteiger partial charge < -0.3 is 4.74 Å². The molecule has 0 spiro atoms. The summed E-state index contributed by atoms with van der Waals surface area (Å²) in [6, 6.07) is 3.42. The lowest BCUT2D eigenvalue weighted by Gasteiger charge is -2.12. The molecule has 0 unspecified atom stereocenters. The molecule has 0 N–H and O–H groups in total. The van der Waals surface area contributed by atoms with Crippen LogP contribution < -0.4 is 0 Å². The highest BCUT2D eigenvalue weighted by molar-refractivity contribution is 6.30. The van der Waals surface area contributed by atoms with Gasteiger partial charge in [-0.2, -0.15) is 13.2 Å². The summed E-state index contributed by atoms with van der Waals surface area (Å²) in [5.74, 6) is 0.280. The first kappa shape index (κ1) is 15.5. The Morgan fingerprint density at radius 2 is 2.19 bits per heavy atom. The smallest absolute Gasteiger partial charge is 0.377 e. The summed E-state index contributed by atoms with van der Waals surface area (Å²) in [7, 11) is 1.43. The first-order valence-corrected chi connectivity index (χ1v) is 6.21. The van der Waals surface area contributed by atoms with Crippen molar-refractivity contribution in [3.05, 3.63) is 47.5 Å². The Morgan fingerprint density at radius 1 is 1.43 bits per heavy atom. The Bertz CT molecular complexity index is 639. The van der Waals surface area contributed by atoms with Gasteiger partial charge in [-0.3, -0.25) is 4.57 Å². The van der Waals surface area contributed by atoms with Crippen LogP contribution >= 0.6 is 11.6 Å². The van der Waals surface area contributed by atoms with Crippen LogP contribution in [0, 0.1) is 0 Å². The summed E-state index contributed by atoms with van der Waals surface area (Å²) in [5, 5.41) is -0.00260. The third-order valence-corrected chi connectivity index (χ3v) is 2.82. The molecular weight excluding hydrogens is 307 g/mol. The van der Waals surface area contributed by atoms with Crippen LogP contribution in [-0.2, 0) is 10.9 Å². The van der Waals surface area contributed by atoms with Gasteiger partial charge in [0.05, 0.1) is 11.3 Å². The van der Waals surface area contributed by atoms with Gasteiger partial charge in [0.1, 0.15) is 18.8 Å². The van der Waals surface area contributed by atoms with E-state index in [0.29, 0.717) is 0 Å². The molecule has 0 aliphatic heterocycles. The SMILES string of the molecule is COCC(=Nc1ccc(Cl)cc1C(F)(F)F)n1ccnc1. The molecule has 1 aromatic carbocycles. The fourth-order valence-electron chi connectivity index (χ4n) is 1.68. The first-order valence-electron chi connectivity index (χ1n) is 5.83. The van der Waals surface area contributed by atoms with E-state index >= 15 is 0 Å². The van der Waals surface area contributed by atoms with Crippen molar-refractivity contribution in [2.24, 2.45) is 4.99 Å². The van der Waals surface area contributed by atoms with Crippen LogP contribution in [0.2, 0.25) is 5.02 Å². The molecule has 0 fully saturated rings. The Morgan fingerprint density at radius 3 is 2.76 bits per heavy atom. The maximum atomic E-state index is 13.0. The van der Waals surface area contributed by atoms with Crippen LogP contribution in [0.4, 0.5) is 18.9 Å². The summed E-state index contributed by atoms with van der Waals surface area (Å²) >= 11 is 5.63. The van der Waals surface area contributed by atoms with E-state index in [-0.39, 0.29) is 23.2 Å². The molecule has 1 aromatic heterocycles. The van der Waals surface area contributed by atoms with E-state index in [4.69, 9.17) is 16.3 Å². The summed E-state index contributed by atoms with van der Waals surface area (Å²) in [6.07, 6.45) is -0.0450. The Hall–Kier alpha value is -1.86. The van der Waals surface area contributed by atoms with Crippen molar-refractivity contribution >= 4 is 23.1 Å². The van der Waals surface area contributed by atoms with Gasteiger partial charge in [-0.25, -0.2) is 9.98 Å². The fourth-order valence-corrected chi connectivity index (χ4v) is 1.85. The van der Waals surface area contributed by atoms with Crippen LogP contribution in [0.25, 0.3) is 0 Å². The number of hydrogen-bond acceptors (Lipinski definition) is 3. The van der Waals surface area contributed by atoms with Gasteiger partial charge in [0.15, 0.2) is 0 Å². The lowest BCUT2D eigenvalue weighted by atomic mass is 10.1. The molecule has 4 nitrogen and oxygen atoms in total. The molecule has 1 heterocycles. The van der Waals surface area contributed by atoms with Gasteiger partial charge in [-0.05, 0) is 18.2 Å². The zero-order valence-corrected chi connectivity index (χ0v) is 11.7. The third-order valence-electron chi connectivity index (χ3n) is 2.59. The minimum Gasteiger partial charge on any atom is -0.377 e. The number of benzene rings is 1. The number of ether oxygens (including phenoxy) is 1. The number of alkyl halides is 3. The van der Waals surface area contributed by atoms with E-state index in [1.54, 1.807) is 6.20 Å². The van der Waals surface area contributed by atoms with E-state index in [9.17, 15) is 13.2 Å². The molecule has 0 bridgehead atoms. The van der Waals surface area contributed by atoms with Gasteiger partial charge in [-0.1, -0.05) is 11.6 Å². The van der Waals surface area contributed by atoms with Crippen molar-refractivity contribution in [3.63, 3.8) is 0 Å². The minimum atomic E-state index is -4.54. The Labute approximate surface area is 123 Å². The van der Waals surface area contributed by atoms with Crippen LogP contribution in [-0.4, -0.2) is 29.1 Å². The van der Waals surface area contributed by atoms with Gasteiger partial charge in [0.25, 0.3) is 0 Å². The predicted octanol–water partition coefficient (Wildman–Crippen LogP) is 3.78. The van der Waals surface area contributed by atoms with Crippen molar-refractivity contribution in [2.75, 3.05) is 13.7 Å². The average molecular weight is 318 g/mol. The van der Waals surface area contributed by atoms with Gasteiger partial charge in [0, 0.05) is 24.5 Å². The average Bonchev–Trinajstić information content (AvgIpc) is 2.93. The lowest BCUT2D eigenvalue weighted by Crippen LogP contribution is -2.16. The van der Waals surface area contributed by atoms with Crippen molar-refractivity contribution in [3.8, 4) is 0 Å². The molecule has 112 valence electrons. The highest BCUT2D eigenvalue weighted by atomic mass is 35.5. The molecule has 0 aliphatic rings. The zero-order valence-electron chi connectivity index (χ0n) is 10.9. The van der Waals surface area contributed by atoms with Crippen LogP contribution in [0.3, 0.4) is 0 Å². The quantitative estimate of drug-likeness (QED) is 0.638. The normalized spacial score (nSPS) is 12.7. The summed E-state index contributed by atoms with van der Waals surface area (Å²) in [6.45, 7) is 0.0380. The number of imidazole rings is 1. The first-order chi connectivity index (χ1) is 9.91. The summed E-state index contributed by atoms with van der Waals surface area (Å²) in [5.41, 5.74) is -1.13. The number of halogens is 4. The molecule has 0 aliphatic carbocycles. The van der Waals surface area contributed by atoms with Crippen LogP contribution in [0.15, 0.2) is 41.9 Å². The number of methoxy groups -OCH3 is 1. The maximum Gasteiger partial charge on any atom is 0.418 e. The second-order valence-electron chi connectivity index (χ2n) is 4.09. The lowest BCUT2D eigenvalue weighted by molar-refractivity contribution is -0.137. The van der Waals surface area contributed by atoms with Crippen molar-refractivity contribution in [1.82, 2.24) is 9.55 Å². The van der Waals surface area contributed by atoms with E-state index < -0.39 is 11.7 Å². The van der Waals surface area contributed by atoms with Gasteiger partial charge in [-0.15, -0.1) is 0 Å². The second kappa shape index (κ2) is 6.28. The molecule has 2 rings (SSSR count). The van der Waals surface area contributed by atoms with E-state index in [2.05, 4.69) is 9.98 Å². The highest BCUT2D eigenvalue weighted by Crippen LogP contribution is 2.38. The molecule has 21 heavy (non-hydrogen) atoms. The molecule has 0 saturated carbocycles. The Kier molecular flexibility index (Phi) is 4.64. The molecule has 8 heteroatoms. The molecule has 0 amide bonds. The second-order valence-corrected chi connectivity index (χ2v) is 4.53. The highest BCUT2D eigenvalue weighted by Gasteiger charge is 2.34.